The van der Waals surface area contributed by atoms with E-state index in [2.05, 4.69) is 14.7 Å². The summed E-state index contributed by atoms with van der Waals surface area (Å²) < 4.78 is 40.0. The second-order valence-electron chi connectivity index (χ2n) is 2.29. The van der Waals surface area contributed by atoms with E-state index in [0.717, 1.165) is 0 Å². The highest BCUT2D eigenvalue weighted by molar-refractivity contribution is 14.1. The highest BCUT2D eigenvalue weighted by Crippen LogP contribution is 2.20. The molecule has 0 radical (unpaired) electrons. The number of rotatable bonds is 2. The first-order valence-electron chi connectivity index (χ1n) is 3.36. The SMILES string of the molecule is Nc1ncc(I)nc1OCC(F)(F)F. The summed E-state index contributed by atoms with van der Waals surface area (Å²) >= 11 is 1.79. The van der Waals surface area contributed by atoms with Crippen molar-refractivity contribution in [2.45, 2.75) is 6.18 Å². The lowest BCUT2D eigenvalue weighted by molar-refractivity contribution is -0.154. The Bertz CT molecular complexity index is 331. The summed E-state index contributed by atoms with van der Waals surface area (Å²) in [5.74, 6) is -0.455. The van der Waals surface area contributed by atoms with Crippen molar-refractivity contribution in [1.82, 2.24) is 9.97 Å². The number of aromatic nitrogens is 2. The standard InChI is InChI=1S/C6H5F3IN3O/c7-6(8,9)2-14-5-4(11)12-1-3(10)13-5/h1H,2H2,(H2,11,12). The molecule has 0 aromatic carbocycles. The first-order chi connectivity index (χ1) is 6.38. The van der Waals surface area contributed by atoms with E-state index in [1.807, 2.05) is 0 Å². The van der Waals surface area contributed by atoms with E-state index in [9.17, 15) is 13.2 Å². The molecule has 0 unspecified atom stereocenters. The maximum Gasteiger partial charge on any atom is 0.422 e. The Balaban J connectivity index is 2.72. The Morgan fingerprint density at radius 2 is 2.14 bits per heavy atom. The molecule has 0 aliphatic heterocycles. The molecule has 8 heteroatoms. The summed E-state index contributed by atoms with van der Waals surface area (Å²) in [5, 5.41) is 0. The van der Waals surface area contributed by atoms with Crippen LogP contribution >= 0.6 is 22.6 Å². The Morgan fingerprint density at radius 1 is 1.50 bits per heavy atom. The van der Waals surface area contributed by atoms with Gasteiger partial charge in [0.05, 0.1) is 6.20 Å². The van der Waals surface area contributed by atoms with Gasteiger partial charge in [-0.15, -0.1) is 0 Å². The summed E-state index contributed by atoms with van der Waals surface area (Å²) in [6, 6.07) is 0. The summed E-state index contributed by atoms with van der Waals surface area (Å²) in [4.78, 5) is 7.25. The Hall–Kier alpha value is -0.800. The number of alkyl halides is 3. The Labute approximate surface area is 90.8 Å². The van der Waals surface area contributed by atoms with Crippen molar-refractivity contribution in [3.05, 3.63) is 9.90 Å². The second-order valence-corrected chi connectivity index (χ2v) is 3.39. The van der Waals surface area contributed by atoms with E-state index in [-0.39, 0.29) is 11.7 Å². The molecular formula is C6H5F3IN3O. The molecule has 0 saturated heterocycles. The number of halogens is 4. The molecule has 1 heterocycles. The fourth-order valence-electron chi connectivity index (χ4n) is 0.618. The van der Waals surface area contributed by atoms with Gasteiger partial charge in [0.25, 0.3) is 5.88 Å². The largest absolute Gasteiger partial charge is 0.465 e. The molecule has 1 aromatic heterocycles. The molecule has 0 aliphatic rings. The van der Waals surface area contributed by atoms with Crippen LogP contribution in [0, 0.1) is 3.70 Å². The number of nitrogens with zero attached hydrogens (tertiary/aromatic N) is 2. The normalized spacial score (nSPS) is 11.4. The van der Waals surface area contributed by atoms with Gasteiger partial charge in [-0.05, 0) is 22.6 Å². The lowest BCUT2D eigenvalue weighted by Crippen LogP contribution is -2.20. The van der Waals surface area contributed by atoms with E-state index < -0.39 is 12.8 Å². The zero-order valence-corrected chi connectivity index (χ0v) is 8.83. The lowest BCUT2D eigenvalue weighted by atomic mass is 10.6. The summed E-state index contributed by atoms with van der Waals surface area (Å²) in [7, 11) is 0. The fourth-order valence-corrected chi connectivity index (χ4v) is 0.976. The van der Waals surface area contributed by atoms with Gasteiger partial charge in [-0.1, -0.05) is 0 Å². The Kier molecular flexibility index (Phi) is 3.34. The van der Waals surface area contributed by atoms with Crippen molar-refractivity contribution in [2.75, 3.05) is 12.3 Å². The summed E-state index contributed by atoms with van der Waals surface area (Å²) in [6.45, 7) is -1.42. The van der Waals surface area contributed by atoms with Gasteiger partial charge in [0.15, 0.2) is 12.4 Å². The fraction of sp³-hybridized carbons (Fsp3) is 0.333. The monoisotopic (exact) mass is 319 g/mol. The van der Waals surface area contributed by atoms with Gasteiger partial charge in [0, 0.05) is 0 Å². The molecule has 1 rings (SSSR count). The van der Waals surface area contributed by atoms with E-state index in [4.69, 9.17) is 5.73 Å². The van der Waals surface area contributed by atoms with Crippen molar-refractivity contribution in [1.29, 1.82) is 0 Å². The molecule has 0 bridgehead atoms. The molecule has 78 valence electrons. The third kappa shape index (κ3) is 3.52. The van der Waals surface area contributed by atoms with Gasteiger partial charge < -0.3 is 10.5 Å². The molecule has 0 amide bonds. The van der Waals surface area contributed by atoms with Gasteiger partial charge in [0.1, 0.15) is 3.70 Å². The minimum absolute atomic E-state index is 0.158. The van der Waals surface area contributed by atoms with Crippen LogP contribution in [0.3, 0.4) is 0 Å². The zero-order chi connectivity index (χ0) is 10.8. The van der Waals surface area contributed by atoms with Gasteiger partial charge in [0.2, 0.25) is 0 Å². The molecule has 0 aliphatic carbocycles. The zero-order valence-electron chi connectivity index (χ0n) is 6.68. The third-order valence-corrected chi connectivity index (χ3v) is 1.63. The van der Waals surface area contributed by atoms with Crippen molar-refractivity contribution in [3.63, 3.8) is 0 Å². The quantitative estimate of drug-likeness (QED) is 0.841. The molecule has 0 spiro atoms. The molecule has 2 N–H and O–H groups in total. The first kappa shape index (κ1) is 11.3. The summed E-state index contributed by atoms with van der Waals surface area (Å²) in [5.41, 5.74) is 5.25. The third-order valence-electron chi connectivity index (χ3n) is 1.11. The predicted octanol–water partition coefficient (Wildman–Crippen LogP) is 1.60. The molecule has 1 aromatic rings. The summed E-state index contributed by atoms with van der Waals surface area (Å²) in [6.07, 6.45) is -3.08. The van der Waals surface area contributed by atoms with Gasteiger partial charge in [-0.2, -0.15) is 13.2 Å². The van der Waals surface area contributed by atoms with Crippen LogP contribution < -0.4 is 10.5 Å². The number of hydrogen-bond acceptors (Lipinski definition) is 4. The highest BCUT2D eigenvalue weighted by Gasteiger charge is 2.29. The number of ether oxygens (including phenoxy) is 1. The number of nitrogen functional groups attached to an aromatic ring is 1. The van der Waals surface area contributed by atoms with E-state index in [1.54, 1.807) is 22.6 Å². The molecule has 0 atom stereocenters. The van der Waals surface area contributed by atoms with Crippen LogP contribution in [-0.2, 0) is 0 Å². The average Bonchev–Trinajstić information content (AvgIpc) is 2.05. The minimum Gasteiger partial charge on any atom is -0.465 e. The number of hydrogen-bond donors (Lipinski definition) is 1. The van der Waals surface area contributed by atoms with Crippen molar-refractivity contribution in [3.8, 4) is 5.88 Å². The average molecular weight is 319 g/mol. The molecule has 14 heavy (non-hydrogen) atoms. The predicted molar refractivity (Wildman–Crippen MR) is 50.7 cm³/mol. The van der Waals surface area contributed by atoms with Crippen molar-refractivity contribution < 1.29 is 17.9 Å². The molecule has 4 nitrogen and oxygen atoms in total. The van der Waals surface area contributed by atoms with Crippen LogP contribution in [0.5, 0.6) is 5.88 Å². The van der Waals surface area contributed by atoms with Crippen molar-refractivity contribution in [2.24, 2.45) is 0 Å². The maximum absolute atomic E-state index is 11.8. The van der Waals surface area contributed by atoms with Crippen LogP contribution in [0.4, 0.5) is 19.0 Å². The van der Waals surface area contributed by atoms with E-state index in [0.29, 0.717) is 3.70 Å². The van der Waals surface area contributed by atoms with E-state index >= 15 is 0 Å². The molecular weight excluding hydrogens is 314 g/mol. The van der Waals surface area contributed by atoms with Gasteiger partial charge in [-0.25, -0.2) is 9.97 Å². The minimum atomic E-state index is -4.41. The van der Waals surface area contributed by atoms with Crippen LogP contribution in [0.25, 0.3) is 0 Å². The van der Waals surface area contributed by atoms with Crippen LogP contribution in [-0.4, -0.2) is 22.8 Å². The van der Waals surface area contributed by atoms with Crippen LogP contribution in [0.2, 0.25) is 0 Å². The van der Waals surface area contributed by atoms with Crippen LogP contribution in [0.1, 0.15) is 0 Å². The van der Waals surface area contributed by atoms with Crippen molar-refractivity contribution >= 4 is 28.4 Å². The first-order valence-corrected chi connectivity index (χ1v) is 4.44. The lowest BCUT2D eigenvalue weighted by Gasteiger charge is -2.09. The Morgan fingerprint density at radius 3 is 2.71 bits per heavy atom. The second kappa shape index (κ2) is 4.15. The number of anilines is 1. The molecule has 0 saturated carbocycles. The van der Waals surface area contributed by atoms with E-state index in [1.165, 1.54) is 6.20 Å². The maximum atomic E-state index is 11.8. The topological polar surface area (TPSA) is 61.0 Å². The number of nitrogens with two attached hydrogens (primary N) is 1. The van der Waals surface area contributed by atoms with Gasteiger partial charge >= 0.3 is 6.18 Å². The molecule has 0 fully saturated rings. The van der Waals surface area contributed by atoms with Gasteiger partial charge in [-0.3, -0.25) is 0 Å². The highest BCUT2D eigenvalue weighted by atomic mass is 127. The smallest absolute Gasteiger partial charge is 0.422 e. The van der Waals surface area contributed by atoms with Crippen LogP contribution in [0.15, 0.2) is 6.20 Å².